The van der Waals surface area contributed by atoms with E-state index in [0.717, 1.165) is 41.0 Å². The minimum Gasteiger partial charge on any atom is -0.301 e. The van der Waals surface area contributed by atoms with Gasteiger partial charge in [0, 0.05) is 30.2 Å². The van der Waals surface area contributed by atoms with Crippen LogP contribution in [0.15, 0.2) is 6.20 Å². The number of anilines is 1. The predicted octanol–water partition coefficient (Wildman–Crippen LogP) is 2.98. The maximum Gasteiger partial charge on any atom is 0.240 e. The average Bonchev–Trinajstić information content (AvgIpc) is 2.99. The summed E-state index contributed by atoms with van der Waals surface area (Å²) in [5, 5.41) is 3.69. The Morgan fingerprint density at radius 3 is 2.56 bits per heavy atom. The second-order valence-electron chi connectivity index (χ2n) is 8.06. The van der Waals surface area contributed by atoms with Gasteiger partial charge in [0.15, 0.2) is 5.13 Å². The maximum absolute atomic E-state index is 12.4. The van der Waals surface area contributed by atoms with Gasteiger partial charge in [0.2, 0.25) is 5.91 Å². The first-order chi connectivity index (χ1) is 12.2. The number of hydrogen-bond acceptors (Lipinski definition) is 5. The number of fused-ring (bicyclic) bond motifs is 2. The number of thiazole rings is 1. The molecular weight excluding hydrogens is 332 g/mol. The van der Waals surface area contributed by atoms with Crippen molar-refractivity contribution in [2.75, 3.05) is 38.0 Å². The highest BCUT2D eigenvalue weighted by Crippen LogP contribution is 2.38. The van der Waals surface area contributed by atoms with Crippen LogP contribution in [0.25, 0.3) is 0 Å². The van der Waals surface area contributed by atoms with E-state index < -0.39 is 0 Å². The van der Waals surface area contributed by atoms with Crippen molar-refractivity contribution >= 4 is 22.4 Å². The van der Waals surface area contributed by atoms with Gasteiger partial charge in [-0.1, -0.05) is 12.8 Å². The summed E-state index contributed by atoms with van der Waals surface area (Å²) in [6.07, 6.45) is 10.0. The quantitative estimate of drug-likeness (QED) is 0.895. The molecule has 0 unspecified atom stereocenters. The maximum atomic E-state index is 12.4. The second kappa shape index (κ2) is 7.72. The fourth-order valence-corrected chi connectivity index (χ4v) is 5.90. The van der Waals surface area contributed by atoms with Gasteiger partial charge in [0.05, 0.1) is 6.54 Å². The number of rotatable bonds is 4. The molecule has 2 bridgehead atoms. The molecule has 3 aliphatic rings. The van der Waals surface area contributed by atoms with Crippen LogP contribution in [0.2, 0.25) is 0 Å². The van der Waals surface area contributed by atoms with Crippen LogP contribution < -0.4 is 5.32 Å². The molecule has 1 N–H and O–H groups in total. The van der Waals surface area contributed by atoms with Crippen molar-refractivity contribution < 1.29 is 4.79 Å². The van der Waals surface area contributed by atoms with Gasteiger partial charge in [0.25, 0.3) is 0 Å². The Morgan fingerprint density at radius 2 is 1.92 bits per heavy atom. The van der Waals surface area contributed by atoms with E-state index in [-0.39, 0.29) is 5.91 Å². The molecule has 2 saturated heterocycles. The molecule has 1 aromatic rings. The van der Waals surface area contributed by atoms with Crippen molar-refractivity contribution in [1.29, 1.82) is 0 Å². The van der Waals surface area contributed by atoms with Crippen LogP contribution in [0, 0.1) is 18.8 Å². The lowest BCUT2D eigenvalue weighted by Gasteiger charge is -2.52. The first-order valence-corrected chi connectivity index (χ1v) is 10.7. The van der Waals surface area contributed by atoms with Gasteiger partial charge in [-0.15, -0.1) is 11.3 Å². The van der Waals surface area contributed by atoms with Gasteiger partial charge in [0.1, 0.15) is 0 Å². The molecule has 2 atom stereocenters. The number of piperidine rings is 2. The fourth-order valence-electron chi connectivity index (χ4n) is 5.22. The molecule has 5 nitrogen and oxygen atoms in total. The SMILES string of the molecule is Cc1cnc(NC(=O)CN2C[C@H]3CCC[C@H](C2)C3N2CCCCC2)s1. The van der Waals surface area contributed by atoms with Gasteiger partial charge in [-0.2, -0.15) is 0 Å². The number of nitrogens with one attached hydrogen (secondary N) is 1. The molecule has 1 amide bonds. The van der Waals surface area contributed by atoms with Crippen molar-refractivity contribution in [3.63, 3.8) is 0 Å². The topological polar surface area (TPSA) is 48.5 Å². The summed E-state index contributed by atoms with van der Waals surface area (Å²) in [6, 6.07) is 0.773. The molecule has 25 heavy (non-hydrogen) atoms. The Morgan fingerprint density at radius 1 is 1.20 bits per heavy atom. The van der Waals surface area contributed by atoms with E-state index in [1.165, 1.54) is 51.6 Å². The lowest BCUT2D eigenvalue weighted by Crippen LogP contribution is -2.59. The van der Waals surface area contributed by atoms with Crippen molar-refractivity contribution in [3.05, 3.63) is 11.1 Å². The number of aromatic nitrogens is 1. The van der Waals surface area contributed by atoms with E-state index in [2.05, 4.69) is 20.1 Å². The average molecular weight is 363 g/mol. The largest absolute Gasteiger partial charge is 0.301 e. The Kier molecular flexibility index (Phi) is 5.39. The summed E-state index contributed by atoms with van der Waals surface area (Å²) in [5.41, 5.74) is 0. The highest BCUT2D eigenvalue weighted by molar-refractivity contribution is 7.15. The third-order valence-electron chi connectivity index (χ3n) is 6.15. The molecule has 1 aromatic heterocycles. The van der Waals surface area contributed by atoms with E-state index in [1.807, 2.05) is 13.1 Å². The summed E-state index contributed by atoms with van der Waals surface area (Å²) in [6.45, 7) is 7.28. The highest BCUT2D eigenvalue weighted by atomic mass is 32.1. The molecule has 1 aliphatic carbocycles. The molecular formula is C19H30N4OS. The van der Waals surface area contributed by atoms with E-state index in [9.17, 15) is 4.79 Å². The van der Waals surface area contributed by atoms with Gasteiger partial charge >= 0.3 is 0 Å². The third-order valence-corrected chi connectivity index (χ3v) is 6.98. The second-order valence-corrected chi connectivity index (χ2v) is 9.29. The summed E-state index contributed by atoms with van der Waals surface area (Å²) >= 11 is 1.55. The highest BCUT2D eigenvalue weighted by Gasteiger charge is 2.42. The Hall–Kier alpha value is -0.980. The first kappa shape index (κ1) is 17.4. The number of amides is 1. The van der Waals surface area contributed by atoms with E-state index in [0.29, 0.717) is 6.54 Å². The van der Waals surface area contributed by atoms with E-state index >= 15 is 0 Å². The molecule has 1 saturated carbocycles. The Balaban J connectivity index is 1.35. The van der Waals surface area contributed by atoms with Crippen LogP contribution >= 0.6 is 11.3 Å². The molecule has 0 radical (unpaired) electrons. The molecule has 4 rings (SSSR count). The van der Waals surface area contributed by atoms with Crippen LogP contribution in [0.1, 0.15) is 43.4 Å². The zero-order chi connectivity index (χ0) is 17.2. The number of aryl methyl sites for hydroxylation is 1. The first-order valence-electron chi connectivity index (χ1n) is 9.88. The van der Waals surface area contributed by atoms with Crippen LogP contribution in [0.3, 0.4) is 0 Å². The summed E-state index contributed by atoms with van der Waals surface area (Å²) < 4.78 is 0. The molecule has 6 heteroatoms. The van der Waals surface area contributed by atoms with E-state index in [4.69, 9.17) is 0 Å². The number of carbonyl (C=O) groups is 1. The summed E-state index contributed by atoms with van der Waals surface area (Å²) in [4.78, 5) is 22.9. The monoisotopic (exact) mass is 362 g/mol. The van der Waals surface area contributed by atoms with E-state index in [1.54, 1.807) is 11.3 Å². The number of hydrogen-bond donors (Lipinski definition) is 1. The number of carbonyl (C=O) groups excluding carboxylic acids is 1. The normalized spacial score (nSPS) is 31.0. The molecule has 2 aliphatic heterocycles. The predicted molar refractivity (Wildman–Crippen MR) is 102 cm³/mol. The minimum atomic E-state index is 0.0869. The summed E-state index contributed by atoms with van der Waals surface area (Å²) in [7, 11) is 0. The Labute approximate surface area is 154 Å². The van der Waals surface area contributed by atoms with Crippen molar-refractivity contribution in [3.8, 4) is 0 Å². The molecule has 138 valence electrons. The molecule has 3 heterocycles. The van der Waals surface area contributed by atoms with Gasteiger partial charge in [-0.25, -0.2) is 4.98 Å². The standard InChI is InChI=1S/C19H30N4OS/c1-14-10-20-19(25-14)21-17(24)13-22-11-15-6-5-7-16(12-22)18(15)23-8-3-2-4-9-23/h10,15-16,18H,2-9,11-13H2,1H3,(H,20,21,24)/t15-,16-/m1/s1. The zero-order valence-corrected chi connectivity index (χ0v) is 16.1. The van der Waals surface area contributed by atoms with Crippen LogP contribution in [0.5, 0.6) is 0 Å². The van der Waals surface area contributed by atoms with Crippen LogP contribution in [-0.4, -0.2) is 59.5 Å². The lowest BCUT2D eigenvalue weighted by molar-refractivity contribution is -0.119. The molecule has 3 fully saturated rings. The molecule has 0 spiro atoms. The third kappa shape index (κ3) is 4.07. The number of likely N-dealkylation sites (tertiary alicyclic amines) is 2. The van der Waals surface area contributed by atoms with Crippen molar-refractivity contribution in [2.45, 2.75) is 51.5 Å². The summed E-state index contributed by atoms with van der Waals surface area (Å²) in [5.74, 6) is 1.59. The smallest absolute Gasteiger partial charge is 0.240 e. The zero-order valence-electron chi connectivity index (χ0n) is 15.2. The van der Waals surface area contributed by atoms with Crippen molar-refractivity contribution in [2.24, 2.45) is 11.8 Å². The van der Waals surface area contributed by atoms with Gasteiger partial charge < -0.3 is 5.32 Å². The van der Waals surface area contributed by atoms with Gasteiger partial charge in [-0.05, 0) is 57.5 Å². The van der Waals surface area contributed by atoms with Crippen LogP contribution in [-0.2, 0) is 4.79 Å². The minimum absolute atomic E-state index is 0.0869. The van der Waals surface area contributed by atoms with Crippen LogP contribution in [0.4, 0.5) is 5.13 Å². The Bertz CT molecular complexity index is 584. The van der Waals surface area contributed by atoms with Gasteiger partial charge in [-0.3, -0.25) is 14.6 Å². The molecule has 0 aromatic carbocycles. The fraction of sp³-hybridized carbons (Fsp3) is 0.789. The number of nitrogens with zero attached hydrogens (tertiary/aromatic N) is 3. The van der Waals surface area contributed by atoms with Crippen molar-refractivity contribution in [1.82, 2.24) is 14.8 Å². The lowest BCUT2D eigenvalue weighted by atomic mass is 9.72.